The van der Waals surface area contributed by atoms with E-state index in [0.717, 1.165) is 0 Å². The fourth-order valence-electron chi connectivity index (χ4n) is 0.626. The molecule has 0 bridgehead atoms. The summed E-state index contributed by atoms with van der Waals surface area (Å²) in [6.07, 6.45) is 2.47. The summed E-state index contributed by atoms with van der Waals surface area (Å²) in [6.45, 7) is 4.37. The first-order chi connectivity index (χ1) is 3.81. The molecular formula is C6H16NS+. The van der Waals surface area contributed by atoms with Crippen LogP contribution in [0.5, 0.6) is 0 Å². The number of hydrogen-bond donors (Lipinski definition) is 1. The van der Waals surface area contributed by atoms with Crippen LogP contribution in [0.25, 0.3) is 0 Å². The second-order valence-corrected chi connectivity index (χ2v) is 3.84. The lowest BCUT2D eigenvalue weighted by atomic mass is 10.6. The molecule has 0 saturated carbocycles. The zero-order valence-electron chi connectivity index (χ0n) is 5.81. The maximum atomic E-state index is 5.72. The van der Waals surface area contributed by atoms with E-state index in [9.17, 15) is 0 Å². The van der Waals surface area contributed by atoms with E-state index in [1.807, 2.05) is 0 Å². The van der Waals surface area contributed by atoms with Crippen LogP contribution in [0.1, 0.15) is 26.7 Å². The minimum Gasteiger partial charge on any atom is -0.151 e. The van der Waals surface area contributed by atoms with E-state index in [1.165, 1.54) is 24.3 Å². The fraction of sp³-hybridized carbons (Fsp3) is 1.00. The van der Waals surface area contributed by atoms with Gasteiger partial charge in [0.2, 0.25) is 0 Å². The van der Waals surface area contributed by atoms with E-state index in [-0.39, 0.29) is 11.1 Å². The van der Waals surface area contributed by atoms with Crippen molar-refractivity contribution >= 4 is 11.1 Å². The van der Waals surface area contributed by atoms with Crippen LogP contribution in [0, 0.1) is 0 Å². The first-order valence-corrected chi connectivity index (χ1v) is 4.85. The van der Waals surface area contributed by atoms with Gasteiger partial charge < -0.3 is 0 Å². The first kappa shape index (κ1) is 8.31. The second kappa shape index (κ2) is 5.45. The van der Waals surface area contributed by atoms with Crippen molar-refractivity contribution in [1.29, 1.82) is 0 Å². The third-order valence-corrected chi connectivity index (χ3v) is 2.80. The van der Waals surface area contributed by atoms with Gasteiger partial charge in [0.25, 0.3) is 0 Å². The topological polar surface area (TPSA) is 26.0 Å². The molecule has 0 spiro atoms. The lowest BCUT2D eigenvalue weighted by molar-refractivity contribution is 1.06. The summed E-state index contributed by atoms with van der Waals surface area (Å²) < 4.78 is 0. The third-order valence-electron chi connectivity index (χ3n) is 0.933. The molecule has 0 saturated heterocycles. The van der Waals surface area contributed by atoms with Gasteiger partial charge in [0.1, 0.15) is 11.5 Å². The Morgan fingerprint density at radius 3 is 1.75 bits per heavy atom. The van der Waals surface area contributed by atoms with Crippen LogP contribution >= 0.6 is 0 Å². The van der Waals surface area contributed by atoms with Crippen LogP contribution in [0.2, 0.25) is 0 Å². The highest BCUT2D eigenvalue weighted by Gasteiger charge is 2.06. The summed E-state index contributed by atoms with van der Waals surface area (Å²) in [4.78, 5) is 0. The molecule has 0 aromatic rings. The van der Waals surface area contributed by atoms with Crippen molar-refractivity contribution in [2.75, 3.05) is 11.5 Å². The largest absolute Gasteiger partial charge is 0.151 e. The summed E-state index contributed by atoms with van der Waals surface area (Å²) in [5, 5.41) is 5.72. The van der Waals surface area contributed by atoms with Crippen LogP contribution < -0.4 is 5.14 Å². The van der Waals surface area contributed by atoms with Crippen LogP contribution in [0.4, 0.5) is 0 Å². The zero-order valence-corrected chi connectivity index (χ0v) is 6.63. The van der Waals surface area contributed by atoms with Gasteiger partial charge in [-0.2, -0.15) is 5.14 Å². The summed E-state index contributed by atoms with van der Waals surface area (Å²) in [6, 6.07) is 0. The van der Waals surface area contributed by atoms with E-state index in [2.05, 4.69) is 13.8 Å². The molecule has 0 fully saturated rings. The Morgan fingerprint density at radius 2 is 1.50 bits per heavy atom. The van der Waals surface area contributed by atoms with Crippen molar-refractivity contribution in [2.24, 2.45) is 5.14 Å². The highest BCUT2D eigenvalue weighted by molar-refractivity contribution is 7.94. The average molecular weight is 134 g/mol. The molecule has 0 aliphatic heterocycles. The number of hydrogen-bond acceptors (Lipinski definition) is 1. The summed E-state index contributed by atoms with van der Waals surface area (Å²) >= 11 is 0.230. The molecule has 0 unspecified atom stereocenters. The van der Waals surface area contributed by atoms with E-state index in [0.29, 0.717) is 0 Å². The van der Waals surface area contributed by atoms with Crippen molar-refractivity contribution < 1.29 is 0 Å². The summed E-state index contributed by atoms with van der Waals surface area (Å²) in [7, 11) is 0. The van der Waals surface area contributed by atoms with Crippen LogP contribution in [-0.4, -0.2) is 11.5 Å². The fourth-order valence-corrected chi connectivity index (χ4v) is 1.88. The standard InChI is InChI=1S/C6H16NS/c1-3-5-8(7)6-4-2/h3-7H2,1-2H3/q+1. The second-order valence-electron chi connectivity index (χ2n) is 1.95. The van der Waals surface area contributed by atoms with E-state index >= 15 is 0 Å². The van der Waals surface area contributed by atoms with Gasteiger partial charge in [-0.05, 0) is 12.8 Å². The molecule has 0 aliphatic carbocycles. The molecule has 0 aromatic heterocycles. The molecule has 2 N–H and O–H groups in total. The molecule has 0 heterocycles. The van der Waals surface area contributed by atoms with Gasteiger partial charge >= 0.3 is 0 Å². The van der Waals surface area contributed by atoms with Crippen molar-refractivity contribution in [2.45, 2.75) is 26.7 Å². The van der Waals surface area contributed by atoms with Crippen LogP contribution in [-0.2, 0) is 11.1 Å². The average Bonchev–Trinajstić information content (AvgIpc) is 1.68. The Bertz CT molecular complexity index is 41.8. The predicted molar refractivity (Wildman–Crippen MR) is 41.9 cm³/mol. The van der Waals surface area contributed by atoms with Crippen molar-refractivity contribution in [3.63, 3.8) is 0 Å². The molecule has 0 radical (unpaired) electrons. The monoisotopic (exact) mass is 134 g/mol. The van der Waals surface area contributed by atoms with Crippen LogP contribution in [0.3, 0.4) is 0 Å². The van der Waals surface area contributed by atoms with Crippen LogP contribution in [0.15, 0.2) is 0 Å². The Kier molecular flexibility index (Phi) is 5.66. The third kappa shape index (κ3) is 4.47. The molecule has 8 heavy (non-hydrogen) atoms. The molecule has 0 amide bonds. The maximum Gasteiger partial charge on any atom is 0.127 e. The zero-order chi connectivity index (χ0) is 6.41. The molecular weight excluding hydrogens is 118 g/mol. The summed E-state index contributed by atoms with van der Waals surface area (Å²) in [5.41, 5.74) is 0. The molecule has 2 heteroatoms. The SMILES string of the molecule is CCC[S+](N)CCC. The van der Waals surface area contributed by atoms with Gasteiger partial charge in [0, 0.05) is 0 Å². The maximum absolute atomic E-state index is 5.72. The molecule has 0 rings (SSSR count). The van der Waals surface area contributed by atoms with Crippen molar-refractivity contribution in [3.8, 4) is 0 Å². The molecule has 1 nitrogen and oxygen atoms in total. The van der Waals surface area contributed by atoms with E-state index in [4.69, 9.17) is 5.14 Å². The Hall–Kier alpha value is 0.310. The van der Waals surface area contributed by atoms with Crippen molar-refractivity contribution in [1.82, 2.24) is 0 Å². The summed E-state index contributed by atoms with van der Waals surface area (Å²) in [5.74, 6) is 2.43. The molecule has 50 valence electrons. The van der Waals surface area contributed by atoms with E-state index in [1.54, 1.807) is 0 Å². The number of rotatable bonds is 4. The minimum atomic E-state index is 0.230. The lowest BCUT2D eigenvalue weighted by Gasteiger charge is -1.95. The molecule has 0 aliphatic rings. The lowest BCUT2D eigenvalue weighted by Crippen LogP contribution is -2.20. The smallest absolute Gasteiger partial charge is 0.127 e. The molecule has 0 aromatic carbocycles. The normalized spacial score (nSPS) is 10.5. The number of nitrogens with two attached hydrogens (primary N) is 1. The predicted octanol–water partition coefficient (Wildman–Crippen LogP) is 1.30. The van der Waals surface area contributed by atoms with Crippen molar-refractivity contribution in [3.05, 3.63) is 0 Å². The highest BCUT2D eigenvalue weighted by Crippen LogP contribution is 1.91. The minimum absolute atomic E-state index is 0.230. The van der Waals surface area contributed by atoms with E-state index < -0.39 is 0 Å². The van der Waals surface area contributed by atoms with Gasteiger partial charge in [-0.1, -0.05) is 13.8 Å². The van der Waals surface area contributed by atoms with Gasteiger partial charge in [-0.3, -0.25) is 0 Å². The highest BCUT2D eigenvalue weighted by atomic mass is 32.2. The Balaban J connectivity index is 2.92. The quantitative estimate of drug-likeness (QED) is 0.576. The first-order valence-electron chi connectivity index (χ1n) is 3.23. The van der Waals surface area contributed by atoms with Gasteiger partial charge in [-0.15, -0.1) is 0 Å². The van der Waals surface area contributed by atoms with Gasteiger partial charge in [0.05, 0.1) is 11.1 Å². The molecule has 0 atom stereocenters. The Morgan fingerprint density at radius 1 is 1.12 bits per heavy atom. The van der Waals surface area contributed by atoms with Gasteiger partial charge in [-0.25, -0.2) is 0 Å². The Labute approximate surface area is 55.1 Å². The van der Waals surface area contributed by atoms with Gasteiger partial charge in [0.15, 0.2) is 0 Å².